The third-order valence-electron chi connectivity index (χ3n) is 5.29. The molecular weight excluding hydrogens is 398 g/mol. The van der Waals surface area contributed by atoms with Crippen LogP contribution in [-0.4, -0.2) is 50.6 Å². The topological polar surface area (TPSA) is 82.2 Å². The molecule has 1 aromatic heterocycles. The number of pyridine rings is 1. The molecular formula is C23H23N3O5. The molecule has 1 N–H and O–H groups in total. The van der Waals surface area contributed by atoms with Crippen LogP contribution in [0.1, 0.15) is 5.56 Å². The lowest BCUT2D eigenvalue weighted by molar-refractivity contribution is -0.123. The number of rotatable bonds is 6. The van der Waals surface area contributed by atoms with Gasteiger partial charge in [-0.3, -0.25) is 4.79 Å². The van der Waals surface area contributed by atoms with Crippen molar-refractivity contribution in [2.45, 2.75) is 6.54 Å². The molecule has 1 saturated heterocycles. The van der Waals surface area contributed by atoms with Crippen molar-refractivity contribution in [3.8, 4) is 17.2 Å². The molecule has 0 aliphatic carbocycles. The van der Waals surface area contributed by atoms with E-state index < -0.39 is 0 Å². The second kappa shape index (κ2) is 8.69. The normalized spacial score (nSPS) is 15.2. The van der Waals surface area contributed by atoms with Crippen molar-refractivity contribution < 1.29 is 23.7 Å². The molecule has 0 bridgehead atoms. The first-order valence-electron chi connectivity index (χ1n) is 10.3. The fourth-order valence-corrected chi connectivity index (χ4v) is 3.64. The molecule has 2 aromatic carbocycles. The Hall–Kier alpha value is -3.52. The Morgan fingerprint density at radius 3 is 2.84 bits per heavy atom. The lowest BCUT2D eigenvalue weighted by Gasteiger charge is -2.28. The van der Waals surface area contributed by atoms with Gasteiger partial charge in [0.25, 0.3) is 5.91 Å². The molecule has 0 saturated carbocycles. The van der Waals surface area contributed by atoms with E-state index >= 15 is 0 Å². The highest BCUT2D eigenvalue weighted by Gasteiger charge is 2.15. The minimum Gasteiger partial charge on any atom is -0.481 e. The van der Waals surface area contributed by atoms with Crippen molar-refractivity contribution in [2.24, 2.45) is 0 Å². The molecule has 1 amide bonds. The molecule has 1 fully saturated rings. The van der Waals surface area contributed by atoms with Gasteiger partial charge < -0.3 is 29.2 Å². The monoisotopic (exact) mass is 421 g/mol. The largest absolute Gasteiger partial charge is 0.481 e. The number of ether oxygens (including phenoxy) is 4. The summed E-state index contributed by atoms with van der Waals surface area (Å²) in [6.07, 6.45) is 0. The Morgan fingerprint density at radius 2 is 1.94 bits per heavy atom. The predicted octanol–water partition coefficient (Wildman–Crippen LogP) is 2.50. The maximum atomic E-state index is 12.3. The summed E-state index contributed by atoms with van der Waals surface area (Å²) in [4.78, 5) is 19.3. The SMILES string of the molecule is O=C(COc1cccc2ccc(N3CCOCC3)nc12)NCc1ccc2c(c1)OCO2. The fraction of sp³-hybridized carbons (Fsp3) is 0.304. The van der Waals surface area contributed by atoms with Gasteiger partial charge in [-0.1, -0.05) is 18.2 Å². The molecule has 3 aromatic rings. The standard InChI is InChI=1S/C23H23N3O5/c27-22(24-13-16-4-6-18-20(12-16)31-15-30-18)14-29-19-3-1-2-17-5-7-21(25-23(17)19)26-8-10-28-11-9-26/h1-7,12H,8-11,13-15H2,(H,24,27). The van der Waals surface area contributed by atoms with Crippen LogP contribution in [0.25, 0.3) is 10.9 Å². The third-order valence-corrected chi connectivity index (χ3v) is 5.29. The van der Waals surface area contributed by atoms with Gasteiger partial charge in [0.15, 0.2) is 18.1 Å². The first kappa shape index (κ1) is 19.4. The zero-order valence-electron chi connectivity index (χ0n) is 17.0. The van der Waals surface area contributed by atoms with Crippen LogP contribution >= 0.6 is 0 Å². The summed E-state index contributed by atoms with van der Waals surface area (Å²) in [5, 5.41) is 3.84. The van der Waals surface area contributed by atoms with Gasteiger partial charge in [0, 0.05) is 25.0 Å². The zero-order chi connectivity index (χ0) is 21.0. The summed E-state index contributed by atoms with van der Waals surface area (Å²) < 4.78 is 21.9. The average Bonchev–Trinajstić information content (AvgIpc) is 3.29. The molecule has 3 heterocycles. The predicted molar refractivity (Wildman–Crippen MR) is 115 cm³/mol. The van der Waals surface area contributed by atoms with Gasteiger partial charge in [-0.15, -0.1) is 0 Å². The van der Waals surface area contributed by atoms with Crippen LogP contribution in [0.5, 0.6) is 17.2 Å². The first-order valence-corrected chi connectivity index (χ1v) is 10.3. The first-order chi connectivity index (χ1) is 15.3. The van der Waals surface area contributed by atoms with Crippen LogP contribution in [0.2, 0.25) is 0 Å². The second-order valence-corrected chi connectivity index (χ2v) is 7.35. The number of hydrogen-bond acceptors (Lipinski definition) is 7. The van der Waals surface area contributed by atoms with Gasteiger partial charge in [0.2, 0.25) is 6.79 Å². The van der Waals surface area contributed by atoms with E-state index in [1.165, 1.54) is 0 Å². The molecule has 8 heteroatoms. The van der Waals surface area contributed by atoms with Crippen molar-refractivity contribution in [3.05, 3.63) is 54.1 Å². The quantitative estimate of drug-likeness (QED) is 0.655. The maximum absolute atomic E-state index is 12.3. The van der Waals surface area contributed by atoms with E-state index in [2.05, 4.69) is 10.2 Å². The number of benzene rings is 2. The molecule has 0 radical (unpaired) electrons. The Balaban J connectivity index is 1.23. The van der Waals surface area contributed by atoms with Crippen LogP contribution in [-0.2, 0) is 16.1 Å². The molecule has 0 unspecified atom stereocenters. The number of carbonyl (C=O) groups is 1. The number of anilines is 1. The van der Waals surface area contributed by atoms with Crippen molar-refractivity contribution in [3.63, 3.8) is 0 Å². The summed E-state index contributed by atoms with van der Waals surface area (Å²) >= 11 is 0. The fourth-order valence-electron chi connectivity index (χ4n) is 3.64. The number of nitrogens with one attached hydrogen (secondary N) is 1. The number of morpholine rings is 1. The minimum atomic E-state index is -0.209. The molecule has 0 spiro atoms. The number of para-hydroxylation sites is 1. The van der Waals surface area contributed by atoms with Gasteiger partial charge in [0.05, 0.1) is 13.2 Å². The molecule has 160 valence electrons. The number of amides is 1. The average molecular weight is 421 g/mol. The Morgan fingerprint density at radius 1 is 1.06 bits per heavy atom. The van der Waals surface area contributed by atoms with Crippen LogP contribution in [0.3, 0.4) is 0 Å². The van der Waals surface area contributed by atoms with E-state index in [0.29, 0.717) is 31.3 Å². The van der Waals surface area contributed by atoms with Crippen molar-refractivity contribution in [2.75, 3.05) is 44.6 Å². The van der Waals surface area contributed by atoms with E-state index in [1.54, 1.807) is 0 Å². The third kappa shape index (κ3) is 4.34. The van der Waals surface area contributed by atoms with Gasteiger partial charge in [-0.2, -0.15) is 0 Å². The molecule has 2 aliphatic heterocycles. The van der Waals surface area contributed by atoms with E-state index in [0.717, 1.165) is 41.1 Å². The van der Waals surface area contributed by atoms with Crippen LogP contribution in [0, 0.1) is 0 Å². The number of fused-ring (bicyclic) bond motifs is 2. The second-order valence-electron chi connectivity index (χ2n) is 7.35. The Labute approximate surface area is 179 Å². The van der Waals surface area contributed by atoms with E-state index in [4.69, 9.17) is 23.9 Å². The number of hydrogen-bond donors (Lipinski definition) is 1. The van der Waals surface area contributed by atoms with Gasteiger partial charge in [-0.25, -0.2) is 4.98 Å². The van der Waals surface area contributed by atoms with Gasteiger partial charge in [-0.05, 0) is 35.9 Å². The Kier molecular flexibility index (Phi) is 5.45. The number of nitrogens with zero attached hydrogens (tertiary/aromatic N) is 2. The number of carbonyl (C=O) groups excluding carboxylic acids is 1. The van der Waals surface area contributed by atoms with E-state index in [9.17, 15) is 4.79 Å². The molecule has 31 heavy (non-hydrogen) atoms. The van der Waals surface area contributed by atoms with Gasteiger partial charge >= 0.3 is 0 Å². The maximum Gasteiger partial charge on any atom is 0.258 e. The Bertz CT molecular complexity index is 1100. The van der Waals surface area contributed by atoms with E-state index in [-0.39, 0.29) is 19.3 Å². The lowest BCUT2D eigenvalue weighted by Crippen LogP contribution is -2.36. The van der Waals surface area contributed by atoms with Gasteiger partial charge in [0.1, 0.15) is 17.1 Å². The van der Waals surface area contributed by atoms with Crippen LogP contribution in [0.4, 0.5) is 5.82 Å². The zero-order valence-corrected chi connectivity index (χ0v) is 17.0. The highest BCUT2D eigenvalue weighted by Crippen LogP contribution is 2.32. The summed E-state index contributed by atoms with van der Waals surface area (Å²) in [6, 6.07) is 15.4. The smallest absolute Gasteiger partial charge is 0.258 e. The minimum absolute atomic E-state index is 0.0902. The van der Waals surface area contributed by atoms with Crippen molar-refractivity contribution in [1.82, 2.24) is 10.3 Å². The van der Waals surface area contributed by atoms with Crippen molar-refractivity contribution in [1.29, 1.82) is 0 Å². The molecule has 8 nitrogen and oxygen atoms in total. The summed E-state index contributed by atoms with van der Waals surface area (Å²) in [5.74, 6) is 2.68. The van der Waals surface area contributed by atoms with Crippen molar-refractivity contribution >= 4 is 22.6 Å². The highest BCUT2D eigenvalue weighted by molar-refractivity contribution is 5.86. The van der Waals surface area contributed by atoms with Crippen LogP contribution in [0.15, 0.2) is 48.5 Å². The van der Waals surface area contributed by atoms with E-state index in [1.807, 2.05) is 48.5 Å². The highest BCUT2D eigenvalue weighted by atomic mass is 16.7. The lowest BCUT2D eigenvalue weighted by atomic mass is 10.2. The number of aromatic nitrogens is 1. The summed E-state index contributed by atoms with van der Waals surface area (Å²) in [7, 11) is 0. The molecule has 0 atom stereocenters. The molecule has 5 rings (SSSR count). The molecule has 2 aliphatic rings. The summed E-state index contributed by atoms with van der Waals surface area (Å²) in [6.45, 7) is 3.53. The van der Waals surface area contributed by atoms with Crippen LogP contribution < -0.4 is 24.4 Å². The summed E-state index contributed by atoms with van der Waals surface area (Å²) in [5.41, 5.74) is 1.68.